The molecule has 1 aromatic rings. The number of nitrogens with zero attached hydrogens (tertiary/aromatic N) is 3. The third kappa shape index (κ3) is 4.77. The summed E-state index contributed by atoms with van der Waals surface area (Å²) in [5.74, 6) is 0. The van der Waals surface area contributed by atoms with Crippen LogP contribution in [0.25, 0.3) is 0 Å². The maximum Gasteiger partial charge on any atom is 0.410 e. The van der Waals surface area contributed by atoms with Crippen molar-refractivity contribution in [3.05, 3.63) is 29.3 Å². The van der Waals surface area contributed by atoms with Crippen molar-refractivity contribution in [3.8, 4) is 0 Å². The summed E-state index contributed by atoms with van der Waals surface area (Å²) in [6.07, 6.45) is -0.388. The van der Waals surface area contributed by atoms with Crippen LogP contribution in [0.1, 0.15) is 20.8 Å². The van der Waals surface area contributed by atoms with E-state index < -0.39 is 5.60 Å². The highest BCUT2D eigenvalue weighted by atomic mass is 35.5. The fourth-order valence-electron chi connectivity index (χ4n) is 2.38. The van der Waals surface area contributed by atoms with Gasteiger partial charge < -0.3 is 14.5 Å². The van der Waals surface area contributed by atoms with Gasteiger partial charge in [-0.25, -0.2) is 9.59 Å². The summed E-state index contributed by atoms with van der Waals surface area (Å²) in [5.41, 5.74) is 0.258. The molecule has 132 valence electrons. The summed E-state index contributed by atoms with van der Waals surface area (Å²) in [7, 11) is 1.67. The van der Waals surface area contributed by atoms with E-state index in [1.54, 1.807) is 29.0 Å². The first-order valence-electron chi connectivity index (χ1n) is 7.93. The first-order valence-corrected chi connectivity index (χ1v) is 8.31. The van der Waals surface area contributed by atoms with Crippen LogP contribution in [0.15, 0.2) is 24.3 Å². The molecule has 1 saturated heterocycles. The molecule has 0 atom stereocenters. The Labute approximate surface area is 147 Å². The Hall–Kier alpha value is -1.95. The second-order valence-corrected chi connectivity index (χ2v) is 7.24. The van der Waals surface area contributed by atoms with Gasteiger partial charge in [-0.3, -0.25) is 4.90 Å². The lowest BCUT2D eigenvalue weighted by Gasteiger charge is -2.26. The molecular weight excluding hydrogens is 330 g/mol. The Morgan fingerprint density at radius 2 is 2.04 bits per heavy atom. The normalized spacial score (nSPS) is 15.0. The number of urea groups is 1. The first kappa shape index (κ1) is 18.4. The lowest BCUT2D eigenvalue weighted by atomic mass is 10.2. The van der Waals surface area contributed by atoms with Crippen LogP contribution in [0.4, 0.5) is 15.3 Å². The molecule has 0 bridgehead atoms. The van der Waals surface area contributed by atoms with Gasteiger partial charge in [0.15, 0.2) is 0 Å². The van der Waals surface area contributed by atoms with Crippen LogP contribution < -0.4 is 4.90 Å². The maximum absolute atomic E-state index is 12.5. The Morgan fingerprint density at radius 1 is 1.33 bits per heavy atom. The van der Waals surface area contributed by atoms with E-state index in [1.165, 1.54) is 4.90 Å². The van der Waals surface area contributed by atoms with Crippen LogP contribution in [0, 0.1) is 0 Å². The molecule has 1 aromatic carbocycles. The van der Waals surface area contributed by atoms with E-state index in [9.17, 15) is 9.59 Å². The molecule has 1 fully saturated rings. The number of rotatable bonds is 4. The molecule has 0 N–H and O–H groups in total. The van der Waals surface area contributed by atoms with E-state index in [4.69, 9.17) is 16.3 Å². The highest BCUT2D eigenvalue weighted by Gasteiger charge is 2.30. The van der Waals surface area contributed by atoms with Gasteiger partial charge in [-0.1, -0.05) is 17.7 Å². The van der Waals surface area contributed by atoms with Gasteiger partial charge in [-0.2, -0.15) is 0 Å². The summed E-state index contributed by atoms with van der Waals surface area (Å²) < 4.78 is 5.30. The molecule has 0 aromatic heterocycles. The van der Waals surface area contributed by atoms with Crippen molar-refractivity contribution in [2.24, 2.45) is 0 Å². The molecule has 2 rings (SSSR count). The quantitative estimate of drug-likeness (QED) is 0.833. The van der Waals surface area contributed by atoms with Gasteiger partial charge >= 0.3 is 12.1 Å². The van der Waals surface area contributed by atoms with E-state index in [1.807, 2.05) is 32.9 Å². The third-order valence-corrected chi connectivity index (χ3v) is 3.86. The number of halogens is 1. The zero-order valence-electron chi connectivity index (χ0n) is 14.6. The topological polar surface area (TPSA) is 53.1 Å². The fourth-order valence-corrected chi connectivity index (χ4v) is 2.56. The number of carbonyl (C=O) groups is 2. The minimum absolute atomic E-state index is 0.0742. The van der Waals surface area contributed by atoms with Crippen molar-refractivity contribution in [2.75, 3.05) is 38.1 Å². The maximum atomic E-state index is 12.5. The molecule has 1 heterocycles. The van der Waals surface area contributed by atoms with Gasteiger partial charge in [0.1, 0.15) is 5.60 Å². The summed E-state index contributed by atoms with van der Waals surface area (Å²) in [5, 5.41) is 0.600. The highest BCUT2D eigenvalue weighted by Crippen LogP contribution is 2.23. The van der Waals surface area contributed by atoms with E-state index in [0.717, 1.165) is 5.69 Å². The Balaban J connectivity index is 1.89. The van der Waals surface area contributed by atoms with Crippen molar-refractivity contribution in [3.63, 3.8) is 0 Å². The third-order valence-electron chi connectivity index (χ3n) is 3.63. The Kier molecular flexibility index (Phi) is 5.59. The largest absolute Gasteiger partial charge is 0.444 e. The van der Waals surface area contributed by atoms with Crippen molar-refractivity contribution in [1.29, 1.82) is 0 Å². The Bertz CT molecular complexity index is 615. The molecule has 0 saturated carbocycles. The van der Waals surface area contributed by atoms with Crippen molar-refractivity contribution >= 4 is 29.4 Å². The number of ether oxygens (including phenoxy) is 1. The minimum atomic E-state index is -0.530. The lowest BCUT2D eigenvalue weighted by molar-refractivity contribution is 0.0290. The first-order chi connectivity index (χ1) is 11.2. The molecule has 0 spiro atoms. The predicted molar refractivity (Wildman–Crippen MR) is 94.6 cm³/mol. The molecule has 6 nitrogen and oxygen atoms in total. The molecule has 0 radical (unpaired) electrons. The number of amides is 3. The smallest absolute Gasteiger partial charge is 0.410 e. The molecule has 7 heteroatoms. The van der Waals surface area contributed by atoms with Crippen LogP contribution in [0.2, 0.25) is 5.02 Å². The molecule has 24 heavy (non-hydrogen) atoms. The van der Waals surface area contributed by atoms with Crippen LogP contribution >= 0.6 is 11.6 Å². The minimum Gasteiger partial charge on any atom is -0.444 e. The van der Waals surface area contributed by atoms with Crippen molar-refractivity contribution in [1.82, 2.24) is 9.80 Å². The second-order valence-electron chi connectivity index (χ2n) is 6.80. The van der Waals surface area contributed by atoms with Gasteiger partial charge in [-0.05, 0) is 39.0 Å². The van der Waals surface area contributed by atoms with Crippen LogP contribution in [-0.2, 0) is 4.74 Å². The summed E-state index contributed by atoms with van der Waals surface area (Å²) in [6.45, 7) is 7.58. The molecule has 1 aliphatic heterocycles. The zero-order chi connectivity index (χ0) is 17.9. The van der Waals surface area contributed by atoms with E-state index in [2.05, 4.69) is 0 Å². The fraction of sp³-hybridized carbons (Fsp3) is 0.529. The monoisotopic (exact) mass is 353 g/mol. The van der Waals surface area contributed by atoms with E-state index in [-0.39, 0.29) is 12.1 Å². The SMILES string of the molecule is CN(CCN1CCN(c2cccc(Cl)c2)C1=O)C(=O)OC(C)(C)C. The zero-order valence-corrected chi connectivity index (χ0v) is 15.3. The molecular formula is C17H24ClN3O3. The summed E-state index contributed by atoms with van der Waals surface area (Å²) in [6, 6.07) is 7.16. The number of hydrogen-bond donors (Lipinski definition) is 0. The average molecular weight is 354 g/mol. The second kappa shape index (κ2) is 7.30. The van der Waals surface area contributed by atoms with E-state index >= 15 is 0 Å². The van der Waals surface area contributed by atoms with Gasteiger partial charge in [0, 0.05) is 43.9 Å². The van der Waals surface area contributed by atoms with Gasteiger partial charge in [0.25, 0.3) is 0 Å². The van der Waals surface area contributed by atoms with Crippen molar-refractivity contribution in [2.45, 2.75) is 26.4 Å². The Morgan fingerprint density at radius 3 is 2.67 bits per heavy atom. The van der Waals surface area contributed by atoms with Crippen molar-refractivity contribution < 1.29 is 14.3 Å². The van der Waals surface area contributed by atoms with Crippen LogP contribution in [-0.4, -0.2) is 60.8 Å². The number of anilines is 1. The highest BCUT2D eigenvalue weighted by molar-refractivity contribution is 6.30. The summed E-state index contributed by atoms with van der Waals surface area (Å²) >= 11 is 5.99. The lowest BCUT2D eigenvalue weighted by Crippen LogP contribution is -2.40. The number of hydrogen-bond acceptors (Lipinski definition) is 3. The number of carbonyl (C=O) groups excluding carboxylic acids is 2. The van der Waals surface area contributed by atoms with Crippen LogP contribution in [0.3, 0.4) is 0 Å². The van der Waals surface area contributed by atoms with Gasteiger partial charge in [0.2, 0.25) is 0 Å². The predicted octanol–water partition coefficient (Wildman–Crippen LogP) is 3.45. The standard InChI is InChI=1S/C17H24ClN3O3/c1-17(2,3)24-16(23)19(4)8-9-20-10-11-21(15(20)22)14-7-5-6-13(18)12-14/h5-7,12H,8-11H2,1-4H3. The molecule has 0 unspecified atom stereocenters. The number of likely N-dealkylation sites (N-methyl/N-ethyl adjacent to an activating group) is 1. The van der Waals surface area contributed by atoms with Crippen LogP contribution in [0.5, 0.6) is 0 Å². The van der Waals surface area contributed by atoms with Gasteiger partial charge in [0.05, 0.1) is 0 Å². The average Bonchev–Trinajstić information content (AvgIpc) is 2.84. The molecule has 3 amide bonds. The summed E-state index contributed by atoms with van der Waals surface area (Å²) in [4.78, 5) is 29.4. The van der Waals surface area contributed by atoms with Gasteiger partial charge in [-0.15, -0.1) is 0 Å². The molecule has 0 aliphatic carbocycles. The number of benzene rings is 1. The van der Waals surface area contributed by atoms with E-state index in [0.29, 0.717) is 31.2 Å². The molecule has 1 aliphatic rings.